The average Bonchev–Trinajstić information content (AvgIpc) is 2.38. The Labute approximate surface area is 125 Å². The molecule has 0 saturated heterocycles. The van der Waals surface area contributed by atoms with Crippen LogP contribution in [-0.2, 0) is 11.8 Å². The lowest BCUT2D eigenvalue weighted by Gasteiger charge is -2.30. The van der Waals surface area contributed by atoms with Crippen LogP contribution in [0.4, 0.5) is 11.6 Å². The maximum atomic E-state index is 5.89. The molecule has 4 heteroatoms. The second-order valence-electron chi connectivity index (χ2n) is 6.73. The van der Waals surface area contributed by atoms with Gasteiger partial charge in [-0.3, -0.25) is 0 Å². The van der Waals surface area contributed by atoms with E-state index in [9.17, 15) is 0 Å². The van der Waals surface area contributed by atoms with E-state index in [-0.39, 0.29) is 5.41 Å². The van der Waals surface area contributed by atoms with Crippen molar-refractivity contribution in [3.8, 4) is 0 Å². The molecule has 1 unspecified atom stereocenters. The summed E-state index contributed by atoms with van der Waals surface area (Å²) in [7, 11) is 0. The minimum atomic E-state index is -0.102. The quantitative estimate of drug-likeness (QED) is 0.908. The van der Waals surface area contributed by atoms with Gasteiger partial charge in [0.2, 0.25) is 0 Å². The van der Waals surface area contributed by atoms with Crippen LogP contribution in [0.25, 0.3) is 0 Å². The van der Waals surface area contributed by atoms with Crippen molar-refractivity contribution in [2.75, 3.05) is 17.6 Å². The number of aromatic nitrogens is 2. The third kappa shape index (κ3) is 2.84. The van der Waals surface area contributed by atoms with Gasteiger partial charge in [-0.2, -0.15) is 0 Å². The van der Waals surface area contributed by atoms with E-state index in [0.717, 1.165) is 24.6 Å². The Bertz CT molecular complexity index is 658. The number of fused-ring (bicyclic) bond motifs is 1. The first-order valence-corrected chi connectivity index (χ1v) is 7.40. The van der Waals surface area contributed by atoms with Crippen LogP contribution < -0.4 is 11.1 Å². The second kappa shape index (κ2) is 5.02. The largest absolute Gasteiger partial charge is 0.384 e. The number of rotatable bonds is 3. The minimum Gasteiger partial charge on any atom is -0.384 e. The molecule has 0 bridgehead atoms. The third-order valence-electron chi connectivity index (χ3n) is 3.91. The van der Waals surface area contributed by atoms with Crippen LogP contribution >= 0.6 is 0 Å². The molecule has 1 aliphatic carbocycles. The SMILES string of the molecule is CC(C)(C)c1nc(N)cc(NCC2Cc3ccccc32)n1. The summed E-state index contributed by atoms with van der Waals surface area (Å²) in [6.45, 7) is 7.16. The van der Waals surface area contributed by atoms with Gasteiger partial charge in [0.25, 0.3) is 0 Å². The number of nitrogen functional groups attached to an aromatic ring is 1. The first-order chi connectivity index (χ1) is 9.93. The molecule has 3 N–H and O–H groups in total. The van der Waals surface area contributed by atoms with E-state index in [1.807, 2.05) is 0 Å². The van der Waals surface area contributed by atoms with Gasteiger partial charge in [0.05, 0.1) is 0 Å². The fraction of sp³-hybridized carbons (Fsp3) is 0.412. The highest BCUT2D eigenvalue weighted by Gasteiger charge is 2.25. The summed E-state index contributed by atoms with van der Waals surface area (Å²) in [6.07, 6.45) is 1.13. The molecular formula is C17H22N4. The highest BCUT2D eigenvalue weighted by molar-refractivity contribution is 5.47. The Morgan fingerprint density at radius 2 is 2.00 bits per heavy atom. The molecule has 1 atom stereocenters. The second-order valence-corrected chi connectivity index (χ2v) is 6.73. The fourth-order valence-electron chi connectivity index (χ4n) is 2.66. The molecule has 0 spiro atoms. The molecule has 3 rings (SSSR count). The molecular weight excluding hydrogens is 260 g/mol. The summed E-state index contributed by atoms with van der Waals surface area (Å²) >= 11 is 0. The summed E-state index contributed by atoms with van der Waals surface area (Å²) in [5, 5.41) is 3.41. The molecule has 1 aliphatic rings. The van der Waals surface area contributed by atoms with Crippen LogP contribution in [0.3, 0.4) is 0 Å². The number of nitrogens with one attached hydrogen (secondary N) is 1. The molecule has 1 aromatic carbocycles. The van der Waals surface area contributed by atoms with E-state index >= 15 is 0 Å². The van der Waals surface area contributed by atoms with Crippen molar-refractivity contribution in [3.05, 3.63) is 47.3 Å². The van der Waals surface area contributed by atoms with Gasteiger partial charge in [0.1, 0.15) is 17.5 Å². The van der Waals surface area contributed by atoms with Crippen LogP contribution in [0, 0.1) is 0 Å². The Balaban J connectivity index is 1.71. The summed E-state index contributed by atoms with van der Waals surface area (Å²) in [5.74, 6) is 2.68. The zero-order chi connectivity index (χ0) is 15.0. The number of hydrogen-bond acceptors (Lipinski definition) is 4. The summed E-state index contributed by atoms with van der Waals surface area (Å²) in [4.78, 5) is 8.92. The number of anilines is 2. The molecule has 0 amide bonds. The molecule has 4 nitrogen and oxygen atoms in total. The van der Waals surface area contributed by atoms with Crippen molar-refractivity contribution < 1.29 is 0 Å². The van der Waals surface area contributed by atoms with E-state index in [2.05, 4.69) is 60.3 Å². The molecule has 0 aliphatic heterocycles. The molecule has 110 valence electrons. The Morgan fingerprint density at radius 1 is 1.24 bits per heavy atom. The van der Waals surface area contributed by atoms with E-state index in [0.29, 0.717) is 11.7 Å². The Morgan fingerprint density at radius 3 is 2.71 bits per heavy atom. The van der Waals surface area contributed by atoms with E-state index in [1.165, 1.54) is 11.1 Å². The Hall–Kier alpha value is -2.10. The zero-order valence-electron chi connectivity index (χ0n) is 12.9. The van der Waals surface area contributed by atoms with Crippen LogP contribution in [0.15, 0.2) is 30.3 Å². The lowest BCUT2D eigenvalue weighted by atomic mass is 9.77. The lowest BCUT2D eigenvalue weighted by molar-refractivity contribution is 0.546. The summed E-state index contributed by atoms with van der Waals surface area (Å²) in [6, 6.07) is 10.4. The highest BCUT2D eigenvalue weighted by atomic mass is 15.1. The van der Waals surface area contributed by atoms with Crippen molar-refractivity contribution >= 4 is 11.6 Å². The standard InChI is InChI=1S/C17H22N4/c1-17(2,3)16-20-14(18)9-15(21-16)19-10-12-8-11-6-4-5-7-13(11)12/h4-7,9,12H,8,10H2,1-3H3,(H3,18,19,20,21). The number of hydrogen-bond donors (Lipinski definition) is 2. The monoisotopic (exact) mass is 282 g/mol. The first-order valence-electron chi connectivity index (χ1n) is 7.40. The van der Waals surface area contributed by atoms with Crippen molar-refractivity contribution in [1.82, 2.24) is 9.97 Å². The molecule has 1 aromatic heterocycles. The molecule has 0 radical (unpaired) electrons. The van der Waals surface area contributed by atoms with Gasteiger partial charge in [-0.05, 0) is 17.5 Å². The van der Waals surface area contributed by atoms with Crippen LogP contribution in [0.5, 0.6) is 0 Å². The fourth-order valence-corrected chi connectivity index (χ4v) is 2.66. The molecule has 0 saturated carbocycles. The molecule has 0 fully saturated rings. The number of nitrogens with two attached hydrogens (primary N) is 1. The van der Waals surface area contributed by atoms with Crippen molar-refractivity contribution in [2.45, 2.75) is 38.5 Å². The highest BCUT2D eigenvalue weighted by Crippen LogP contribution is 2.34. The van der Waals surface area contributed by atoms with Crippen molar-refractivity contribution in [1.29, 1.82) is 0 Å². The minimum absolute atomic E-state index is 0.102. The summed E-state index contributed by atoms with van der Waals surface area (Å²) in [5.41, 5.74) is 8.70. The van der Waals surface area contributed by atoms with Gasteiger partial charge in [0.15, 0.2) is 0 Å². The van der Waals surface area contributed by atoms with E-state index < -0.39 is 0 Å². The van der Waals surface area contributed by atoms with Crippen LogP contribution in [0.2, 0.25) is 0 Å². The smallest absolute Gasteiger partial charge is 0.138 e. The predicted molar refractivity (Wildman–Crippen MR) is 86.5 cm³/mol. The van der Waals surface area contributed by atoms with Gasteiger partial charge in [-0.25, -0.2) is 9.97 Å². The topological polar surface area (TPSA) is 63.8 Å². The van der Waals surface area contributed by atoms with Gasteiger partial charge in [0, 0.05) is 23.9 Å². The maximum absolute atomic E-state index is 5.89. The Kier molecular flexibility index (Phi) is 3.32. The predicted octanol–water partition coefficient (Wildman–Crippen LogP) is 3.11. The number of nitrogens with zero attached hydrogens (tertiary/aromatic N) is 2. The first kappa shape index (κ1) is 13.9. The normalized spacial score (nSPS) is 17.0. The van der Waals surface area contributed by atoms with E-state index in [1.54, 1.807) is 6.07 Å². The van der Waals surface area contributed by atoms with Crippen molar-refractivity contribution in [2.24, 2.45) is 0 Å². The average molecular weight is 282 g/mol. The van der Waals surface area contributed by atoms with Gasteiger partial charge in [-0.15, -0.1) is 0 Å². The third-order valence-corrected chi connectivity index (χ3v) is 3.91. The molecule has 1 heterocycles. The van der Waals surface area contributed by atoms with Crippen molar-refractivity contribution in [3.63, 3.8) is 0 Å². The van der Waals surface area contributed by atoms with Gasteiger partial charge in [-0.1, -0.05) is 45.0 Å². The zero-order valence-corrected chi connectivity index (χ0v) is 12.9. The van der Waals surface area contributed by atoms with Gasteiger partial charge >= 0.3 is 0 Å². The van der Waals surface area contributed by atoms with Crippen LogP contribution in [0.1, 0.15) is 43.6 Å². The molecule has 21 heavy (non-hydrogen) atoms. The van der Waals surface area contributed by atoms with E-state index in [4.69, 9.17) is 5.73 Å². The number of benzene rings is 1. The lowest BCUT2D eigenvalue weighted by Crippen LogP contribution is -2.25. The summed E-state index contributed by atoms with van der Waals surface area (Å²) < 4.78 is 0. The maximum Gasteiger partial charge on any atom is 0.138 e. The molecule has 2 aromatic rings. The van der Waals surface area contributed by atoms with Gasteiger partial charge < -0.3 is 11.1 Å². The van der Waals surface area contributed by atoms with Crippen LogP contribution in [-0.4, -0.2) is 16.5 Å².